The van der Waals surface area contributed by atoms with Crippen LogP contribution in [-0.2, 0) is 12.8 Å². The number of hydrogen-bond donors (Lipinski definition) is 0. The molecule has 0 radical (unpaired) electrons. The molecule has 0 heterocycles. The molecule has 0 spiro atoms. The standard InChI is InChI=1S/C18H20Br2O4/c1-21-13-8-6-11(9-14(13)22-2)5-7-12-10-15(23-3)17(20)18(24-4)16(12)19/h6,8-10H,5,7H2,1-4H3. The Kier molecular flexibility index (Phi) is 6.80. The first-order valence-corrected chi connectivity index (χ1v) is 8.94. The van der Waals surface area contributed by atoms with Gasteiger partial charge in [0.25, 0.3) is 0 Å². The summed E-state index contributed by atoms with van der Waals surface area (Å²) in [5.74, 6) is 2.95. The molecular formula is C18H20Br2O4. The Bertz CT molecular complexity index is 717. The lowest BCUT2D eigenvalue weighted by Gasteiger charge is -2.15. The lowest BCUT2D eigenvalue weighted by atomic mass is 10.0. The summed E-state index contributed by atoms with van der Waals surface area (Å²) in [6.45, 7) is 0. The highest BCUT2D eigenvalue weighted by molar-refractivity contribution is 9.11. The first kappa shape index (κ1) is 18.9. The van der Waals surface area contributed by atoms with Gasteiger partial charge in [-0.1, -0.05) is 6.07 Å². The number of aryl methyl sites for hydroxylation is 2. The van der Waals surface area contributed by atoms with Crippen molar-refractivity contribution in [1.82, 2.24) is 0 Å². The number of halogens is 2. The van der Waals surface area contributed by atoms with Crippen LogP contribution in [0.2, 0.25) is 0 Å². The number of ether oxygens (including phenoxy) is 4. The van der Waals surface area contributed by atoms with E-state index in [4.69, 9.17) is 18.9 Å². The van der Waals surface area contributed by atoms with Crippen LogP contribution in [0, 0.1) is 0 Å². The lowest BCUT2D eigenvalue weighted by molar-refractivity contribution is 0.354. The molecule has 0 aliphatic carbocycles. The molecule has 0 unspecified atom stereocenters. The van der Waals surface area contributed by atoms with Crippen molar-refractivity contribution >= 4 is 31.9 Å². The SMILES string of the molecule is COc1ccc(CCc2cc(OC)c(Br)c(OC)c2Br)cc1OC. The van der Waals surface area contributed by atoms with E-state index in [1.807, 2.05) is 24.3 Å². The van der Waals surface area contributed by atoms with Crippen molar-refractivity contribution in [2.75, 3.05) is 28.4 Å². The fourth-order valence-electron chi connectivity index (χ4n) is 2.46. The van der Waals surface area contributed by atoms with E-state index in [2.05, 4.69) is 31.9 Å². The smallest absolute Gasteiger partial charge is 0.160 e. The average molecular weight is 460 g/mol. The molecule has 0 amide bonds. The van der Waals surface area contributed by atoms with Gasteiger partial charge in [0.1, 0.15) is 10.2 Å². The zero-order chi connectivity index (χ0) is 17.7. The van der Waals surface area contributed by atoms with E-state index in [0.717, 1.165) is 50.3 Å². The van der Waals surface area contributed by atoms with Crippen molar-refractivity contribution in [2.24, 2.45) is 0 Å². The Hall–Kier alpha value is -1.40. The van der Waals surface area contributed by atoms with Gasteiger partial charge in [0.15, 0.2) is 17.2 Å². The number of methoxy groups -OCH3 is 4. The predicted octanol–water partition coefficient (Wildman–Crippen LogP) is 5.03. The maximum Gasteiger partial charge on any atom is 0.160 e. The van der Waals surface area contributed by atoms with Crippen molar-refractivity contribution in [3.05, 3.63) is 44.3 Å². The van der Waals surface area contributed by atoms with Gasteiger partial charge in [-0.3, -0.25) is 0 Å². The van der Waals surface area contributed by atoms with Crippen LogP contribution in [0.4, 0.5) is 0 Å². The summed E-state index contributed by atoms with van der Waals surface area (Å²) in [6.07, 6.45) is 1.68. The monoisotopic (exact) mass is 458 g/mol. The molecule has 2 rings (SSSR count). The van der Waals surface area contributed by atoms with Crippen molar-refractivity contribution < 1.29 is 18.9 Å². The average Bonchev–Trinajstić information content (AvgIpc) is 2.61. The number of benzene rings is 2. The zero-order valence-corrected chi connectivity index (χ0v) is 17.3. The van der Waals surface area contributed by atoms with E-state index in [0.29, 0.717) is 0 Å². The fraction of sp³-hybridized carbons (Fsp3) is 0.333. The van der Waals surface area contributed by atoms with Gasteiger partial charge in [-0.2, -0.15) is 0 Å². The molecule has 24 heavy (non-hydrogen) atoms. The zero-order valence-electron chi connectivity index (χ0n) is 14.1. The third kappa shape index (κ3) is 3.98. The lowest BCUT2D eigenvalue weighted by Crippen LogP contribution is -1.99. The van der Waals surface area contributed by atoms with Crippen LogP contribution in [-0.4, -0.2) is 28.4 Å². The molecule has 0 atom stereocenters. The summed E-state index contributed by atoms with van der Waals surface area (Å²) in [5, 5.41) is 0. The second-order valence-corrected chi connectivity index (χ2v) is 6.67. The first-order valence-electron chi connectivity index (χ1n) is 7.35. The second-order valence-electron chi connectivity index (χ2n) is 5.09. The van der Waals surface area contributed by atoms with Gasteiger partial charge in [-0.15, -0.1) is 0 Å². The summed E-state index contributed by atoms with van der Waals surface area (Å²) in [5.41, 5.74) is 2.28. The molecule has 4 nitrogen and oxygen atoms in total. The third-order valence-electron chi connectivity index (χ3n) is 3.76. The first-order chi connectivity index (χ1) is 11.5. The Morgan fingerprint density at radius 1 is 0.708 bits per heavy atom. The maximum absolute atomic E-state index is 5.47. The fourth-order valence-corrected chi connectivity index (χ4v) is 4.04. The van der Waals surface area contributed by atoms with E-state index < -0.39 is 0 Å². The van der Waals surface area contributed by atoms with Gasteiger partial charge >= 0.3 is 0 Å². The van der Waals surface area contributed by atoms with E-state index in [1.54, 1.807) is 28.4 Å². The largest absolute Gasteiger partial charge is 0.495 e. The Balaban J connectivity index is 2.26. The molecule has 0 aliphatic heterocycles. The molecule has 0 aromatic heterocycles. The normalized spacial score (nSPS) is 10.4. The molecule has 0 saturated carbocycles. The van der Waals surface area contributed by atoms with Gasteiger partial charge in [0.05, 0.1) is 32.9 Å². The van der Waals surface area contributed by atoms with E-state index in [1.165, 1.54) is 5.56 Å². The van der Waals surface area contributed by atoms with Gasteiger partial charge in [-0.25, -0.2) is 0 Å². The van der Waals surface area contributed by atoms with Crippen LogP contribution in [0.5, 0.6) is 23.0 Å². The van der Waals surface area contributed by atoms with Crippen LogP contribution in [0.25, 0.3) is 0 Å². The highest BCUT2D eigenvalue weighted by atomic mass is 79.9. The second kappa shape index (κ2) is 8.62. The maximum atomic E-state index is 5.47. The molecule has 0 aliphatic rings. The van der Waals surface area contributed by atoms with Crippen molar-refractivity contribution in [3.63, 3.8) is 0 Å². The highest BCUT2D eigenvalue weighted by Gasteiger charge is 2.16. The molecular weight excluding hydrogens is 440 g/mol. The third-order valence-corrected chi connectivity index (χ3v) is 5.38. The molecule has 0 fully saturated rings. The van der Waals surface area contributed by atoms with Crippen molar-refractivity contribution in [3.8, 4) is 23.0 Å². The van der Waals surface area contributed by atoms with Crippen LogP contribution in [0.15, 0.2) is 33.2 Å². The highest BCUT2D eigenvalue weighted by Crippen LogP contribution is 2.42. The summed E-state index contributed by atoms with van der Waals surface area (Å²) in [6, 6.07) is 7.98. The van der Waals surface area contributed by atoms with Crippen molar-refractivity contribution in [1.29, 1.82) is 0 Å². The summed E-state index contributed by atoms with van der Waals surface area (Å²) >= 11 is 7.13. The van der Waals surface area contributed by atoms with Crippen LogP contribution < -0.4 is 18.9 Å². The summed E-state index contributed by atoms with van der Waals surface area (Å²) in [7, 11) is 6.56. The van der Waals surface area contributed by atoms with Gasteiger partial charge < -0.3 is 18.9 Å². The molecule has 0 N–H and O–H groups in total. The number of rotatable bonds is 7. The molecule has 6 heteroatoms. The minimum Gasteiger partial charge on any atom is -0.495 e. The summed E-state index contributed by atoms with van der Waals surface area (Å²) in [4.78, 5) is 0. The minimum absolute atomic E-state index is 0.731. The molecule has 0 saturated heterocycles. The van der Waals surface area contributed by atoms with Gasteiger partial charge in [-0.05, 0) is 74.0 Å². The van der Waals surface area contributed by atoms with Crippen LogP contribution in [0.1, 0.15) is 11.1 Å². The van der Waals surface area contributed by atoms with Crippen LogP contribution >= 0.6 is 31.9 Å². The van der Waals surface area contributed by atoms with Gasteiger partial charge in [0, 0.05) is 0 Å². The Morgan fingerprint density at radius 2 is 1.38 bits per heavy atom. The minimum atomic E-state index is 0.731. The molecule has 2 aromatic carbocycles. The molecule has 0 bridgehead atoms. The molecule has 2 aromatic rings. The Morgan fingerprint density at radius 3 is 1.96 bits per heavy atom. The van der Waals surface area contributed by atoms with E-state index >= 15 is 0 Å². The quantitative estimate of drug-likeness (QED) is 0.581. The van der Waals surface area contributed by atoms with E-state index in [-0.39, 0.29) is 0 Å². The van der Waals surface area contributed by atoms with Crippen molar-refractivity contribution in [2.45, 2.75) is 12.8 Å². The molecule has 130 valence electrons. The number of hydrogen-bond acceptors (Lipinski definition) is 4. The predicted molar refractivity (Wildman–Crippen MR) is 102 cm³/mol. The summed E-state index contributed by atoms with van der Waals surface area (Å²) < 4.78 is 23.3. The Labute approximate surface area is 159 Å². The topological polar surface area (TPSA) is 36.9 Å². The van der Waals surface area contributed by atoms with Gasteiger partial charge in [0.2, 0.25) is 0 Å². The van der Waals surface area contributed by atoms with Crippen LogP contribution in [0.3, 0.4) is 0 Å². The van der Waals surface area contributed by atoms with E-state index in [9.17, 15) is 0 Å².